The summed E-state index contributed by atoms with van der Waals surface area (Å²) in [6, 6.07) is 4.16. The number of phenolic OH excluding ortho intramolecular Hbond substituents is 2. The summed E-state index contributed by atoms with van der Waals surface area (Å²) < 4.78 is 0. The van der Waals surface area contributed by atoms with Gasteiger partial charge in [0.25, 0.3) is 0 Å². The molecule has 0 aliphatic rings. The molecule has 1 rings (SSSR count). The number of rotatable bonds is 6. The summed E-state index contributed by atoms with van der Waals surface area (Å²) in [7, 11) is 0. The third kappa shape index (κ3) is 4.84. The van der Waals surface area contributed by atoms with Crippen LogP contribution < -0.4 is 0 Å². The highest BCUT2D eigenvalue weighted by atomic mass is 32.1. The maximum atomic E-state index is 11.8. The minimum absolute atomic E-state index is 0.0240. The minimum atomic E-state index is -0.0402. The second-order valence-corrected chi connectivity index (χ2v) is 5.42. The normalized spacial score (nSPS) is 10.6. The molecule has 0 saturated heterocycles. The quantitative estimate of drug-likeness (QED) is 0.614. The zero-order valence-electron chi connectivity index (χ0n) is 10.6. The topological polar surface area (TPSA) is 57.5 Å². The fourth-order valence-electron chi connectivity index (χ4n) is 1.74. The van der Waals surface area contributed by atoms with Crippen LogP contribution in [0, 0.1) is 5.92 Å². The van der Waals surface area contributed by atoms with Gasteiger partial charge in [-0.15, -0.1) is 0 Å². The maximum Gasteiger partial charge on any atom is 0.142 e. The summed E-state index contributed by atoms with van der Waals surface area (Å²) in [5, 5.41) is 18.9. The average Bonchev–Trinajstić information content (AvgIpc) is 2.21. The molecule has 0 fully saturated rings. The number of thiocarbonyl (C=S) groups is 1. The summed E-state index contributed by atoms with van der Waals surface area (Å²) in [5.41, 5.74) is 0.437. The lowest BCUT2D eigenvalue weighted by Crippen LogP contribution is -2.10. The number of benzene rings is 1. The first-order chi connectivity index (χ1) is 8.38. The van der Waals surface area contributed by atoms with Crippen molar-refractivity contribution < 1.29 is 15.0 Å². The molecule has 1 aromatic rings. The van der Waals surface area contributed by atoms with Gasteiger partial charge in [0.15, 0.2) is 0 Å². The molecule has 0 spiro atoms. The molecular formula is C14H18O3S. The molecule has 0 aromatic heterocycles. The third-order valence-corrected chi connectivity index (χ3v) is 2.79. The fourth-order valence-corrected chi connectivity index (χ4v) is 2.23. The molecule has 4 heteroatoms. The number of aromatic hydroxyl groups is 2. The first kappa shape index (κ1) is 14.6. The Morgan fingerprint density at radius 1 is 1.33 bits per heavy atom. The molecule has 0 amide bonds. The predicted molar refractivity (Wildman–Crippen MR) is 75.2 cm³/mol. The van der Waals surface area contributed by atoms with Gasteiger partial charge in [0.05, 0.1) is 0 Å². The lowest BCUT2D eigenvalue weighted by molar-refractivity contribution is -0.117. The van der Waals surface area contributed by atoms with Crippen LogP contribution in [0.4, 0.5) is 0 Å². The van der Waals surface area contributed by atoms with Crippen molar-refractivity contribution in [2.24, 2.45) is 5.92 Å². The van der Waals surface area contributed by atoms with Crippen molar-refractivity contribution in [3.63, 3.8) is 0 Å². The standard InChI is InChI=1S/C14H18O3S/c1-9(2)5-13(18)8-12(16)7-10-6-11(15)3-4-14(10)17/h3-4,6,9,15,17H,5,7-8H2,1-2H3. The van der Waals surface area contributed by atoms with Gasteiger partial charge >= 0.3 is 0 Å². The molecule has 0 aliphatic heterocycles. The average molecular weight is 266 g/mol. The molecule has 0 saturated carbocycles. The number of hydrogen-bond donors (Lipinski definition) is 2. The molecule has 18 heavy (non-hydrogen) atoms. The van der Waals surface area contributed by atoms with Gasteiger partial charge < -0.3 is 10.2 Å². The van der Waals surface area contributed by atoms with E-state index in [1.54, 1.807) is 0 Å². The van der Waals surface area contributed by atoms with Crippen LogP contribution in [-0.2, 0) is 11.2 Å². The van der Waals surface area contributed by atoms with Gasteiger partial charge in [-0.25, -0.2) is 0 Å². The molecule has 2 N–H and O–H groups in total. The van der Waals surface area contributed by atoms with Crippen LogP contribution in [0.15, 0.2) is 18.2 Å². The van der Waals surface area contributed by atoms with E-state index in [1.165, 1.54) is 18.2 Å². The van der Waals surface area contributed by atoms with E-state index in [1.807, 2.05) is 0 Å². The highest BCUT2D eigenvalue weighted by Gasteiger charge is 2.11. The fraction of sp³-hybridized carbons (Fsp3) is 0.429. The van der Waals surface area contributed by atoms with E-state index in [0.717, 1.165) is 11.3 Å². The molecule has 3 nitrogen and oxygen atoms in total. The van der Waals surface area contributed by atoms with Crippen molar-refractivity contribution in [1.82, 2.24) is 0 Å². The van der Waals surface area contributed by atoms with Crippen LogP contribution in [0.3, 0.4) is 0 Å². The Bertz CT molecular complexity index is 452. The van der Waals surface area contributed by atoms with Gasteiger partial charge in [0, 0.05) is 23.3 Å². The van der Waals surface area contributed by atoms with Crippen LogP contribution in [0.2, 0.25) is 0 Å². The second-order valence-electron chi connectivity index (χ2n) is 4.84. The van der Waals surface area contributed by atoms with Crippen molar-refractivity contribution in [1.29, 1.82) is 0 Å². The SMILES string of the molecule is CC(C)CC(=S)CC(=O)Cc1cc(O)ccc1O. The van der Waals surface area contributed by atoms with Crippen molar-refractivity contribution in [2.45, 2.75) is 33.1 Å². The van der Waals surface area contributed by atoms with Crippen molar-refractivity contribution >= 4 is 22.9 Å². The number of phenols is 2. The molecular weight excluding hydrogens is 248 g/mol. The molecule has 0 aliphatic carbocycles. The molecule has 0 radical (unpaired) electrons. The Kier molecular flexibility index (Phi) is 5.28. The molecule has 98 valence electrons. The van der Waals surface area contributed by atoms with Crippen molar-refractivity contribution in [2.75, 3.05) is 0 Å². The molecule has 0 unspecified atom stereocenters. The summed E-state index contributed by atoms with van der Waals surface area (Å²) in [6.45, 7) is 4.11. The van der Waals surface area contributed by atoms with Crippen LogP contribution in [0.25, 0.3) is 0 Å². The number of hydrogen-bond acceptors (Lipinski definition) is 4. The summed E-state index contributed by atoms with van der Waals surface area (Å²) in [4.78, 5) is 12.5. The van der Waals surface area contributed by atoms with Crippen molar-refractivity contribution in [3.8, 4) is 11.5 Å². The largest absolute Gasteiger partial charge is 0.508 e. The van der Waals surface area contributed by atoms with E-state index in [2.05, 4.69) is 13.8 Å². The zero-order chi connectivity index (χ0) is 13.7. The Hall–Kier alpha value is -1.42. The van der Waals surface area contributed by atoms with Crippen LogP contribution in [-0.4, -0.2) is 20.9 Å². The van der Waals surface area contributed by atoms with E-state index >= 15 is 0 Å². The van der Waals surface area contributed by atoms with Gasteiger partial charge in [0.2, 0.25) is 0 Å². The van der Waals surface area contributed by atoms with E-state index in [4.69, 9.17) is 12.2 Å². The lowest BCUT2D eigenvalue weighted by Gasteiger charge is -2.07. The first-order valence-corrected chi connectivity index (χ1v) is 6.33. The highest BCUT2D eigenvalue weighted by Crippen LogP contribution is 2.23. The molecule has 1 aromatic carbocycles. The third-order valence-electron chi connectivity index (χ3n) is 2.48. The van der Waals surface area contributed by atoms with Gasteiger partial charge in [-0.2, -0.15) is 0 Å². The molecule has 0 heterocycles. The Morgan fingerprint density at radius 3 is 2.61 bits per heavy atom. The van der Waals surface area contributed by atoms with E-state index in [0.29, 0.717) is 11.5 Å². The highest BCUT2D eigenvalue weighted by molar-refractivity contribution is 7.80. The summed E-state index contributed by atoms with van der Waals surface area (Å²) in [6.07, 6.45) is 1.11. The van der Waals surface area contributed by atoms with E-state index in [-0.39, 0.29) is 30.1 Å². The van der Waals surface area contributed by atoms with Gasteiger partial charge in [0.1, 0.15) is 17.3 Å². The summed E-state index contributed by atoms with van der Waals surface area (Å²) >= 11 is 5.15. The van der Waals surface area contributed by atoms with E-state index < -0.39 is 0 Å². The van der Waals surface area contributed by atoms with Gasteiger partial charge in [-0.05, 0) is 30.5 Å². The Balaban J connectivity index is 2.59. The second kappa shape index (κ2) is 6.50. The smallest absolute Gasteiger partial charge is 0.142 e. The van der Waals surface area contributed by atoms with Crippen LogP contribution >= 0.6 is 12.2 Å². The summed E-state index contributed by atoms with van der Waals surface area (Å²) in [5.74, 6) is 0.470. The van der Waals surface area contributed by atoms with Gasteiger partial charge in [-0.1, -0.05) is 26.1 Å². The van der Waals surface area contributed by atoms with E-state index in [9.17, 15) is 15.0 Å². The lowest BCUT2D eigenvalue weighted by atomic mass is 10.0. The number of carbonyl (C=O) groups excluding carboxylic acids is 1. The maximum absolute atomic E-state index is 11.8. The zero-order valence-corrected chi connectivity index (χ0v) is 11.5. The van der Waals surface area contributed by atoms with Gasteiger partial charge in [-0.3, -0.25) is 4.79 Å². The number of carbonyl (C=O) groups is 1. The molecule has 0 bridgehead atoms. The minimum Gasteiger partial charge on any atom is -0.508 e. The number of Topliss-reactive ketones (excluding diaryl/α,β-unsaturated/α-hetero) is 1. The molecule has 0 atom stereocenters. The Morgan fingerprint density at radius 2 is 2.00 bits per heavy atom. The van der Waals surface area contributed by atoms with Crippen molar-refractivity contribution in [3.05, 3.63) is 23.8 Å². The Labute approximate surface area is 112 Å². The number of ketones is 1. The van der Waals surface area contributed by atoms with Crippen LogP contribution in [0.5, 0.6) is 11.5 Å². The van der Waals surface area contributed by atoms with Crippen LogP contribution in [0.1, 0.15) is 32.3 Å². The first-order valence-electron chi connectivity index (χ1n) is 5.92. The monoisotopic (exact) mass is 266 g/mol. The predicted octanol–water partition coefficient (Wildman–Crippen LogP) is 3.02.